The monoisotopic (exact) mass is 411 g/mol. The van der Waals surface area contributed by atoms with E-state index in [9.17, 15) is 8.42 Å². The van der Waals surface area contributed by atoms with E-state index in [-0.39, 0.29) is 0 Å². The highest BCUT2D eigenvalue weighted by molar-refractivity contribution is 7.92. The highest BCUT2D eigenvalue weighted by atomic mass is 32.2. The highest BCUT2D eigenvalue weighted by Gasteiger charge is 2.27. The number of para-hydroxylation sites is 1. The molecule has 0 amide bonds. The van der Waals surface area contributed by atoms with E-state index in [1.807, 2.05) is 0 Å². The van der Waals surface area contributed by atoms with Crippen LogP contribution >= 0.6 is 0 Å². The van der Waals surface area contributed by atoms with E-state index in [1.54, 1.807) is 20.8 Å². The maximum absolute atomic E-state index is 12.1. The molecule has 3 rings (SSSR count). The number of fused-ring (bicyclic) bond motifs is 1. The van der Waals surface area contributed by atoms with E-state index in [2.05, 4.69) is 65.4 Å². The molecule has 0 N–H and O–H groups in total. The molecule has 156 valence electrons. The first-order chi connectivity index (χ1) is 13.8. The number of nitrogens with zero attached hydrogens (tertiary/aromatic N) is 1. The highest BCUT2D eigenvalue weighted by Crippen LogP contribution is 2.21. The number of benzene rings is 2. The molecular weight excluding hydrogens is 378 g/mol. The van der Waals surface area contributed by atoms with Crippen molar-refractivity contribution < 1.29 is 8.42 Å². The predicted molar refractivity (Wildman–Crippen MR) is 124 cm³/mol. The lowest BCUT2D eigenvalue weighted by atomic mass is 10.1. The van der Waals surface area contributed by atoms with Crippen LogP contribution in [0.4, 0.5) is 0 Å². The van der Waals surface area contributed by atoms with Gasteiger partial charge in [-0.1, -0.05) is 49.6 Å². The number of aromatic nitrogens is 1. The van der Waals surface area contributed by atoms with Gasteiger partial charge in [0.2, 0.25) is 0 Å². The third-order valence-electron chi connectivity index (χ3n) is 5.63. The van der Waals surface area contributed by atoms with E-state index in [0.717, 1.165) is 38.5 Å². The van der Waals surface area contributed by atoms with Crippen molar-refractivity contribution in [3.05, 3.63) is 66.4 Å². The summed E-state index contributed by atoms with van der Waals surface area (Å²) < 4.78 is 25.8. The molecule has 2 aromatic carbocycles. The molecule has 4 heteroatoms. The molecule has 3 aromatic rings. The topological polar surface area (TPSA) is 39.1 Å². The van der Waals surface area contributed by atoms with Crippen LogP contribution in [0.25, 0.3) is 16.6 Å². The third kappa shape index (κ3) is 5.51. The molecule has 1 aromatic heterocycles. The number of sulfone groups is 1. The fourth-order valence-corrected chi connectivity index (χ4v) is 4.79. The summed E-state index contributed by atoms with van der Waals surface area (Å²) >= 11 is 0. The first-order valence-electron chi connectivity index (χ1n) is 10.7. The average Bonchev–Trinajstić information content (AvgIpc) is 3.11. The molecule has 1 heterocycles. The number of aryl methyl sites for hydroxylation is 1. The zero-order chi connectivity index (χ0) is 20.9. The van der Waals surface area contributed by atoms with Crippen molar-refractivity contribution in [2.24, 2.45) is 0 Å². The second-order valence-electron chi connectivity index (χ2n) is 8.86. The minimum Gasteiger partial charge on any atom is -0.317 e. The Morgan fingerprint density at radius 1 is 0.793 bits per heavy atom. The molecule has 0 saturated carbocycles. The standard InChI is InChI=1S/C25H33NO2S/c1-25(2,3)29(27,28)20-10-6-4-5-7-11-21-14-16-23(17-15-21)26-19-18-22-12-8-9-13-24(22)26/h8-9,12-19H,4-7,10-11,20H2,1-3H3. The summed E-state index contributed by atoms with van der Waals surface area (Å²) in [7, 11) is -2.97. The van der Waals surface area contributed by atoms with Crippen molar-refractivity contribution >= 4 is 20.7 Å². The van der Waals surface area contributed by atoms with Gasteiger partial charge < -0.3 is 4.57 Å². The molecule has 0 aliphatic carbocycles. The van der Waals surface area contributed by atoms with Gasteiger partial charge in [-0.3, -0.25) is 0 Å². The van der Waals surface area contributed by atoms with Crippen molar-refractivity contribution in [1.29, 1.82) is 0 Å². The summed E-state index contributed by atoms with van der Waals surface area (Å²) in [6.45, 7) is 5.35. The van der Waals surface area contributed by atoms with Crippen molar-refractivity contribution in [2.45, 2.75) is 64.0 Å². The molecule has 0 unspecified atom stereocenters. The quantitative estimate of drug-likeness (QED) is 0.386. The molecule has 0 bridgehead atoms. The van der Waals surface area contributed by atoms with Gasteiger partial charge in [0.1, 0.15) is 0 Å². The van der Waals surface area contributed by atoms with Crippen LogP contribution in [0.15, 0.2) is 60.8 Å². The van der Waals surface area contributed by atoms with E-state index in [1.165, 1.54) is 22.2 Å². The van der Waals surface area contributed by atoms with Crippen molar-refractivity contribution in [3.63, 3.8) is 0 Å². The molecule has 0 radical (unpaired) electrons. The molecule has 29 heavy (non-hydrogen) atoms. The SMILES string of the molecule is CC(C)(C)S(=O)(=O)CCCCCCCc1ccc(-n2ccc3ccccc32)cc1. The Balaban J connectivity index is 1.41. The lowest BCUT2D eigenvalue weighted by Crippen LogP contribution is -2.30. The average molecular weight is 412 g/mol. The van der Waals surface area contributed by atoms with Gasteiger partial charge in [-0.25, -0.2) is 8.42 Å². The van der Waals surface area contributed by atoms with Crippen LogP contribution in [0.5, 0.6) is 0 Å². The first kappa shape index (κ1) is 21.6. The smallest absolute Gasteiger partial charge is 0.155 e. The zero-order valence-corrected chi connectivity index (χ0v) is 18.7. The van der Waals surface area contributed by atoms with Crippen LogP contribution in [-0.4, -0.2) is 23.5 Å². The summed E-state index contributed by atoms with van der Waals surface area (Å²) in [5, 5.41) is 1.26. The van der Waals surface area contributed by atoms with E-state index in [0.29, 0.717) is 5.75 Å². The van der Waals surface area contributed by atoms with Crippen LogP contribution in [-0.2, 0) is 16.3 Å². The fraction of sp³-hybridized carbons (Fsp3) is 0.440. The fourth-order valence-electron chi connectivity index (χ4n) is 3.59. The van der Waals surface area contributed by atoms with Gasteiger partial charge in [0, 0.05) is 11.9 Å². The lowest BCUT2D eigenvalue weighted by Gasteiger charge is -2.18. The Kier molecular flexibility index (Phi) is 6.84. The van der Waals surface area contributed by atoms with Crippen molar-refractivity contribution in [1.82, 2.24) is 4.57 Å². The Hall–Kier alpha value is -2.07. The molecule has 0 aliphatic heterocycles. The molecule has 3 nitrogen and oxygen atoms in total. The molecule has 0 aliphatic rings. The Labute approximate surface area is 175 Å². The normalized spacial score (nSPS) is 12.5. The van der Waals surface area contributed by atoms with Crippen molar-refractivity contribution in [2.75, 3.05) is 5.75 Å². The van der Waals surface area contributed by atoms with Gasteiger partial charge in [-0.05, 0) is 75.2 Å². The second-order valence-corrected chi connectivity index (χ2v) is 11.7. The van der Waals surface area contributed by atoms with Crippen LogP contribution in [0.3, 0.4) is 0 Å². The van der Waals surface area contributed by atoms with Gasteiger partial charge >= 0.3 is 0 Å². The maximum Gasteiger partial charge on any atom is 0.155 e. The van der Waals surface area contributed by atoms with Crippen molar-refractivity contribution in [3.8, 4) is 5.69 Å². The minimum atomic E-state index is -2.97. The number of hydrogen-bond donors (Lipinski definition) is 0. The van der Waals surface area contributed by atoms with E-state index in [4.69, 9.17) is 0 Å². The van der Waals surface area contributed by atoms with Crippen LogP contribution in [0.2, 0.25) is 0 Å². The molecule has 0 saturated heterocycles. The van der Waals surface area contributed by atoms with Crippen LogP contribution in [0.1, 0.15) is 58.4 Å². The molecule has 0 fully saturated rings. The van der Waals surface area contributed by atoms with Gasteiger partial charge in [0.15, 0.2) is 9.84 Å². The Morgan fingerprint density at radius 3 is 2.17 bits per heavy atom. The summed E-state index contributed by atoms with van der Waals surface area (Å²) in [6, 6.07) is 19.4. The third-order valence-corrected chi connectivity index (χ3v) is 8.32. The zero-order valence-electron chi connectivity index (χ0n) is 17.9. The van der Waals surface area contributed by atoms with Gasteiger partial charge in [-0.2, -0.15) is 0 Å². The number of rotatable bonds is 9. The lowest BCUT2D eigenvalue weighted by molar-refractivity contribution is 0.552. The Morgan fingerprint density at radius 2 is 1.45 bits per heavy atom. The predicted octanol–water partition coefficient (Wildman–Crippen LogP) is 6.34. The summed E-state index contributed by atoms with van der Waals surface area (Å²) in [5.74, 6) is 0.312. The minimum absolute atomic E-state index is 0.312. The summed E-state index contributed by atoms with van der Waals surface area (Å²) in [5.41, 5.74) is 3.78. The summed E-state index contributed by atoms with van der Waals surface area (Å²) in [6.07, 6.45) is 8.38. The molecule has 0 atom stereocenters. The maximum atomic E-state index is 12.1. The van der Waals surface area contributed by atoms with Crippen LogP contribution in [0, 0.1) is 0 Å². The van der Waals surface area contributed by atoms with Gasteiger partial charge in [0.05, 0.1) is 16.0 Å². The Bertz CT molecular complexity index is 1020. The van der Waals surface area contributed by atoms with E-state index >= 15 is 0 Å². The largest absolute Gasteiger partial charge is 0.317 e. The summed E-state index contributed by atoms with van der Waals surface area (Å²) in [4.78, 5) is 0. The second kappa shape index (κ2) is 9.17. The van der Waals surface area contributed by atoms with E-state index < -0.39 is 14.6 Å². The van der Waals surface area contributed by atoms with Gasteiger partial charge in [0.25, 0.3) is 0 Å². The molecular formula is C25H33NO2S. The number of hydrogen-bond acceptors (Lipinski definition) is 2. The number of unbranched alkanes of at least 4 members (excludes halogenated alkanes) is 4. The van der Waals surface area contributed by atoms with Crippen LogP contribution < -0.4 is 0 Å². The van der Waals surface area contributed by atoms with Gasteiger partial charge in [-0.15, -0.1) is 0 Å². The first-order valence-corrected chi connectivity index (χ1v) is 12.3. The molecule has 0 spiro atoms.